The number of fused-ring (bicyclic) bond motifs is 1. The van der Waals surface area contributed by atoms with E-state index in [1.807, 2.05) is 0 Å². The Morgan fingerprint density at radius 2 is 1.69 bits per heavy atom. The molecule has 1 N–H and O–H groups in total. The summed E-state index contributed by atoms with van der Waals surface area (Å²) in [6, 6.07) is 7.71. The van der Waals surface area contributed by atoms with Gasteiger partial charge in [-0.1, -0.05) is 0 Å². The predicted octanol–water partition coefficient (Wildman–Crippen LogP) is 4.60. The summed E-state index contributed by atoms with van der Waals surface area (Å²) < 4.78 is 33.0. The highest BCUT2D eigenvalue weighted by Crippen LogP contribution is 2.37. The van der Waals surface area contributed by atoms with Crippen LogP contribution in [0.3, 0.4) is 0 Å². The minimum Gasteiger partial charge on any atom is -0.493 e. The smallest absolute Gasteiger partial charge is 0.493 e. The van der Waals surface area contributed by atoms with Gasteiger partial charge in [0.05, 0.1) is 32.0 Å². The van der Waals surface area contributed by atoms with Crippen LogP contribution in [0.2, 0.25) is 0 Å². The van der Waals surface area contributed by atoms with Crippen molar-refractivity contribution in [3.05, 3.63) is 48.4 Å². The fourth-order valence-corrected chi connectivity index (χ4v) is 4.24. The van der Waals surface area contributed by atoms with Gasteiger partial charge in [0, 0.05) is 29.4 Å². The maximum Gasteiger partial charge on any atom is 0.500 e. The number of amides is 4. The summed E-state index contributed by atoms with van der Waals surface area (Å²) in [6.07, 6.45) is 2.84. The Morgan fingerprint density at radius 3 is 2.31 bits per heavy atom. The van der Waals surface area contributed by atoms with Crippen molar-refractivity contribution in [3.8, 4) is 23.0 Å². The number of benzene rings is 2. The number of rotatable bonds is 8. The highest BCUT2D eigenvalue weighted by Gasteiger charge is 2.48. The molecule has 1 aliphatic heterocycles. The van der Waals surface area contributed by atoms with E-state index in [0.29, 0.717) is 28.2 Å². The van der Waals surface area contributed by atoms with E-state index in [0.717, 1.165) is 11.0 Å². The van der Waals surface area contributed by atoms with E-state index in [1.54, 1.807) is 45.9 Å². The van der Waals surface area contributed by atoms with E-state index in [1.165, 1.54) is 43.3 Å². The van der Waals surface area contributed by atoms with Crippen molar-refractivity contribution in [1.82, 2.24) is 9.88 Å². The first-order chi connectivity index (χ1) is 18.5. The van der Waals surface area contributed by atoms with Crippen molar-refractivity contribution >= 4 is 40.7 Å². The SMILES string of the molecule is COc1cc2nccc(Oc3ccc(NC(=O)C4C=[N+](C(C)C)C(=O)N(C(C)C)C4=O)cc3F)c2cc1OC. The average molecular weight is 538 g/mol. The van der Waals surface area contributed by atoms with Gasteiger partial charge in [-0.3, -0.25) is 9.78 Å². The molecule has 2 aromatic carbocycles. The molecule has 1 aliphatic rings. The Morgan fingerprint density at radius 1 is 1.00 bits per heavy atom. The number of methoxy groups -OCH3 is 2. The summed E-state index contributed by atoms with van der Waals surface area (Å²) >= 11 is 0. The first kappa shape index (κ1) is 27.5. The van der Waals surface area contributed by atoms with Gasteiger partial charge < -0.3 is 19.5 Å². The van der Waals surface area contributed by atoms with Crippen LogP contribution in [0.15, 0.2) is 42.6 Å². The lowest BCUT2D eigenvalue weighted by Crippen LogP contribution is -2.57. The van der Waals surface area contributed by atoms with Gasteiger partial charge in [-0.15, -0.1) is 0 Å². The second kappa shape index (κ2) is 11.1. The lowest BCUT2D eigenvalue weighted by Gasteiger charge is -2.26. The molecule has 1 aromatic heterocycles. The molecule has 1 atom stereocenters. The van der Waals surface area contributed by atoms with Crippen molar-refractivity contribution in [3.63, 3.8) is 0 Å². The van der Waals surface area contributed by atoms with Crippen LogP contribution in [0, 0.1) is 11.7 Å². The number of hydrogen-bond acceptors (Lipinski definition) is 7. The van der Waals surface area contributed by atoms with E-state index in [9.17, 15) is 14.4 Å². The molecule has 1 unspecified atom stereocenters. The van der Waals surface area contributed by atoms with Crippen LogP contribution < -0.4 is 19.5 Å². The zero-order valence-electron chi connectivity index (χ0n) is 22.5. The number of nitrogens with zero attached hydrogens (tertiary/aromatic N) is 3. The Hall–Kier alpha value is -4.54. The molecule has 10 nitrogen and oxygen atoms in total. The molecular weight excluding hydrogens is 507 g/mol. The van der Waals surface area contributed by atoms with Gasteiger partial charge >= 0.3 is 11.9 Å². The van der Waals surface area contributed by atoms with Gasteiger partial charge in [-0.2, -0.15) is 14.3 Å². The zero-order valence-corrected chi connectivity index (χ0v) is 22.5. The molecule has 3 aromatic rings. The van der Waals surface area contributed by atoms with E-state index < -0.39 is 35.6 Å². The van der Waals surface area contributed by atoms with Crippen molar-refractivity contribution in [2.24, 2.45) is 5.92 Å². The first-order valence-electron chi connectivity index (χ1n) is 12.3. The van der Waals surface area contributed by atoms with Gasteiger partial charge in [0.2, 0.25) is 5.91 Å². The van der Waals surface area contributed by atoms with Gasteiger partial charge in [-0.05, 0) is 52.0 Å². The second-order valence-corrected chi connectivity index (χ2v) is 9.48. The Labute approximate surface area is 225 Å². The number of anilines is 1. The van der Waals surface area contributed by atoms with Gasteiger partial charge in [0.25, 0.3) is 0 Å². The summed E-state index contributed by atoms with van der Waals surface area (Å²) in [5, 5.41) is 3.15. The molecule has 0 fully saturated rings. The van der Waals surface area contributed by atoms with E-state index in [-0.39, 0.29) is 17.5 Å². The zero-order chi connectivity index (χ0) is 28.4. The highest BCUT2D eigenvalue weighted by molar-refractivity contribution is 6.20. The number of hydrogen-bond donors (Lipinski definition) is 1. The molecule has 2 heterocycles. The summed E-state index contributed by atoms with van der Waals surface area (Å²) in [7, 11) is 3.02. The van der Waals surface area contributed by atoms with Crippen LogP contribution in [-0.2, 0) is 9.59 Å². The largest absolute Gasteiger partial charge is 0.500 e. The molecule has 11 heteroatoms. The Balaban J connectivity index is 1.58. The van der Waals surface area contributed by atoms with Crippen LogP contribution in [0.4, 0.5) is 14.9 Å². The molecular formula is C28H30FN4O6+. The highest BCUT2D eigenvalue weighted by atomic mass is 19.1. The topological polar surface area (TPSA) is 110 Å². The number of nitrogens with one attached hydrogen (secondary N) is 1. The molecule has 0 saturated heterocycles. The van der Waals surface area contributed by atoms with E-state index in [2.05, 4.69) is 10.3 Å². The molecule has 4 amide bonds. The fourth-order valence-electron chi connectivity index (χ4n) is 4.24. The quantitative estimate of drug-likeness (QED) is 0.330. The van der Waals surface area contributed by atoms with Crippen molar-refractivity contribution in [2.45, 2.75) is 39.8 Å². The molecule has 204 valence electrons. The summed E-state index contributed by atoms with van der Waals surface area (Å²) in [5.41, 5.74) is 0.688. The molecule has 0 aliphatic carbocycles. The summed E-state index contributed by atoms with van der Waals surface area (Å²) in [5.74, 6) is -2.10. The van der Waals surface area contributed by atoms with Crippen molar-refractivity contribution in [1.29, 1.82) is 0 Å². The number of halogens is 1. The van der Waals surface area contributed by atoms with Crippen LogP contribution in [-0.4, -0.2) is 64.8 Å². The molecule has 0 saturated carbocycles. The van der Waals surface area contributed by atoms with Crippen LogP contribution >= 0.6 is 0 Å². The number of ether oxygens (including phenoxy) is 3. The Bertz CT molecular complexity index is 1490. The third-order valence-corrected chi connectivity index (χ3v) is 6.22. The lowest BCUT2D eigenvalue weighted by atomic mass is 10.0. The lowest BCUT2D eigenvalue weighted by molar-refractivity contribution is -0.469. The van der Waals surface area contributed by atoms with Gasteiger partial charge in [-0.25, -0.2) is 9.18 Å². The maximum atomic E-state index is 15.1. The molecule has 0 spiro atoms. The van der Waals surface area contributed by atoms with Crippen LogP contribution in [0.5, 0.6) is 23.0 Å². The third-order valence-electron chi connectivity index (χ3n) is 6.22. The Kier molecular flexibility index (Phi) is 7.80. The number of carbonyl (C=O) groups excluding carboxylic acids is 3. The second-order valence-electron chi connectivity index (χ2n) is 9.48. The minimum absolute atomic E-state index is 0.0850. The van der Waals surface area contributed by atoms with Gasteiger partial charge in [0.1, 0.15) is 11.8 Å². The normalized spacial score (nSPS) is 15.6. The number of aromatic nitrogens is 1. The van der Waals surface area contributed by atoms with Crippen LogP contribution in [0.25, 0.3) is 10.9 Å². The monoisotopic (exact) mass is 537 g/mol. The minimum atomic E-state index is -1.25. The standard InChI is InChI=1S/C28H29FN4O6/c1-15(2)32-14-19(27(35)33(16(3)4)28(32)36)26(34)31-17-7-8-23(20(29)11-17)39-22-9-10-30-21-13-25(38-6)24(37-5)12-18(21)22/h7-16,19H,1-6H3/p+1. The number of pyridine rings is 1. The van der Waals surface area contributed by atoms with E-state index >= 15 is 4.39 Å². The first-order valence-corrected chi connectivity index (χ1v) is 12.3. The van der Waals surface area contributed by atoms with E-state index in [4.69, 9.17) is 14.2 Å². The fraction of sp³-hybridized carbons (Fsp3) is 0.321. The number of urea groups is 1. The summed E-state index contributed by atoms with van der Waals surface area (Å²) in [4.78, 5) is 44.1. The molecule has 0 bridgehead atoms. The van der Waals surface area contributed by atoms with Crippen molar-refractivity contribution < 1.29 is 37.6 Å². The van der Waals surface area contributed by atoms with Crippen LogP contribution in [0.1, 0.15) is 27.7 Å². The molecule has 4 rings (SSSR count). The molecule has 39 heavy (non-hydrogen) atoms. The molecule has 0 radical (unpaired) electrons. The number of imide groups is 1. The van der Waals surface area contributed by atoms with Crippen molar-refractivity contribution in [2.75, 3.05) is 19.5 Å². The van der Waals surface area contributed by atoms with Gasteiger partial charge in [0.15, 0.2) is 29.0 Å². The predicted molar refractivity (Wildman–Crippen MR) is 142 cm³/mol. The average Bonchev–Trinajstić information content (AvgIpc) is 2.89. The summed E-state index contributed by atoms with van der Waals surface area (Å²) in [6.45, 7) is 6.96. The number of carbonyl (C=O) groups is 3. The third kappa shape index (κ3) is 5.38. The maximum absolute atomic E-state index is 15.1.